The van der Waals surface area contributed by atoms with Gasteiger partial charge in [-0.15, -0.1) is 0 Å². The van der Waals surface area contributed by atoms with E-state index >= 15 is 0 Å². The molecular formula is C10H15ClN4. The predicted molar refractivity (Wildman–Crippen MR) is 64.1 cm³/mol. The van der Waals surface area contributed by atoms with Crippen LogP contribution in [0.3, 0.4) is 0 Å². The van der Waals surface area contributed by atoms with Crippen molar-refractivity contribution in [3.8, 4) is 0 Å². The summed E-state index contributed by atoms with van der Waals surface area (Å²) in [5.74, 6) is 5.68. The Morgan fingerprint density at radius 3 is 2.87 bits per heavy atom. The maximum atomic E-state index is 5.87. The number of hydrazine groups is 1. The average molecular weight is 227 g/mol. The summed E-state index contributed by atoms with van der Waals surface area (Å²) in [6.45, 7) is 0.570. The van der Waals surface area contributed by atoms with E-state index in [0.717, 1.165) is 11.3 Å². The minimum absolute atomic E-state index is 0.570. The van der Waals surface area contributed by atoms with Crippen molar-refractivity contribution in [3.63, 3.8) is 0 Å². The van der Waals surface area contributed by atoms with Crippen LogP contribution in [0.2, 0.25) is 5.02 Å². The Hall–Kier alpha value is -1.39. The van der Waals surface area contributed by atoms with E-state index in [4.69, 9.17) is 23.2 Å². The van der Waals surface area contributed by atoms with Crippen molar-refractivity contribution < 1.29 is 0 Å². The molecule has 15 heavy (non-hydrogen) atoms. The Balaban J connectivity index is 2.84. The third-order valence-corrected chi connectivity index (χ3v) is 2.21. The molecule has 0 spiro atoms. The Labute approximate surface area is 94.5 Å². The smallest absolute Gasteiger partial charge is 0.0606 e. The third-order valence-electron chi connectivity index (χ3n) is 1.97. The first-order valence-corrected chi connectivity index (χ1v) is 4.91. The lowest BCUT2D eigenvalue weighted by Crippen LogP contribution is -2.25. The van der Waals surface area contributed by atoms with E-state index in [1.54, 1.807) is 6.20 Å². The molecule has 82 valence electrons. The summed E-state index contributed by atoms with van der Waals surface area (Å²) < 4.78 is 0. The molecule has 5 heteroatoms. The van der Waals surface area contributed by atoms with E-state index in [2.05, 4.69) is 5.32 Å². The number of benzene rings is 1. The fourth-order valence-corrected chi connectivity index (χ4v) is 1.45. The molecule has 1 rings (SSSR count). The topological polar surface area (TPSA) is 67.3 Å². The summed E-state index contributed by atoms with van der Waals surface area (Å²) in [6.07, 6.45) is 3.00. The number of halogens is 1. The standard InChI is InChI=1S/C10H15ClN4/c1-14-10-6-9(11)3-2-8(10)7-15(13)5-4-12/h2-6,14H,7,12-13H2,1H3/b5-4-. The van der Waals surface area contributed by atoms with Crippen LogP contribution in [0.15, 0.2) is 30.6 Å². The Morgan fingerprint density at radius 2 is 2.27 bits per heavy atom. The SMILES string of the molecule is CNc1cc(Cl)ccc1CN(N)/C=C\N. The van der Waals surface area contributed by atoms with E-state index in [1.807, 2.05) is 25.2 Å². The molecule has 0 saturated carbocycles. The van der Waals surface area contributed by atoms with Crippen LogP contribution in [-0.2, 0) is 6.54 Å². The molecule has 0 aliphatic rings. The number of nitrogens with one attached hydrogen (secondary N) is 1. The van der Waals surface area contributed by atoms with Crippen LogP contribution < -0.4 is 16.9 Å². The third kappa shape index (κ3) is 3.34. The van der Waals surface area contributed by atoms with Crippen LogP contribution in [0.5, 0.6) is 0 Å². The summed E-state index contributed by atoms with van der Waals surface area (Å²) in [5.41, 5.74) is 7.26. The van der Waals surface area contributed by atoms with Gasteiger partial charge in [0, 0.05) is 30.2 Å². The van der Waals surface area contributed by atoms with Crippen LogP contribution in [-0.4, -0.2) is 12.1 Å². The molecule has 5 N–H and O–H groups in total. The summed E-state index contributed by atoms with van der Waals surface area (Å²) >= 11 is 5.87. The van der Waals surface area contributed by atoms with Crippen LogP contribution in [0.25, 0.3) is 0 Å². The van der Waals surface area contributed by atoms with E-state index < -0.39 is 0 Å². The van der Waals surface area contributed by atoms with Gasteiger partial charge >= 0.3 is 0 Å². The molecule has 0 atom stereocenters. The highest BCUT2D eigenvalue weighted by Gasteiger charge is 2.03. The van der Waals surface area contributed by atoms with Gasteiger partial charge in [0.2, 0.25) is 0 Å². The normalized spacial score (nSPS) is 10.6. The molecule has 0 amide bonds. The van der Waals surface area contributed by atoms with Crippen molar-refractivity contribution in [2.75, 3.05) is 12.4 Å². The first-order chi connectivity index (χ1) is 7.17. The quantitative estimate of drug-likeness (QED) is 0.538. The minimum atomic E-state index is 0.570. The fourth-order valence-electron chi connectivity index (χ4n) is 1.28. The van der Waals surface area contributed by atoms with E-state index in [9.17, 15) is 0 Å². The molecule has 0 unspecified atom stereocenters. The summed E-state index contributed by atoms with van der Waals surface area (Å²) in [6, 6.07) is 5.62. The number of anilines is 1. The van der Waals surface area contributed by atoms with Crippen LogP contribution in [0.1, 0.15) is 5.56 Å². The van der Waals surface area contributed by atoms with Crippen molar-refractivity contribution in [1.82, 2.24) is 5.01 Å². The Kier molecular flexibility index (Phi) is 4.27. The van der Waals surface area contributed by atoms with Gasteiger partial charge in [0.15, 0.2) is 0 Å². The molecule has 0 aromatic heterocycles. The van der Waals surface area contributed by atoms with Crippen molar-refractivity contribution in [2.45, 2.75) is 6.54 Å². The van der Waals surface area contributed by atoms with Gasteiger partial charge in [-0.1, -0.05) is 17.7 Å². The number of hydrogen-bond acceptors (Lipinski definition) is 4. The van der Waals surface area contributed by atoms with Gasteiger partial charge in [-0.2, -0.15) is 0 Å². The largest absolute Gasteiger partial charge is 0.403 e. The average Bonchev–Trinajstić information content (AvgIpc) is 2.21. The number of hydrogen-bond donors (Lipinski definition) is 3. The van der Waals surface area contributed by atoms with Gasteiger partial charge in [0.25, 0.3) is 0 Å². The lowest BCUT2D eigenvalue weighted by molar-refractivity contribution is 0.387. The summed E-state index contributed by atoms with van der Waals surface area (Å²) in [5, 5.41) is 5.26. The lowest BCUT2D eigenvalue weighted by atomic mass is 10.1. The zero-order valence-electron chi connectivity index (χ0n) is 8.57. The predicted octanol–water partition coefficient (Wildman–Crippen LogP) is 1.49. The highest BCUT2D eigenvalue weighted by molar-refractivity contribution is 6.30. The molecule has 0 heterocycles. The maximum Gasteiger partial charge on any atom is 0.0606 e. The number of rotatable bonds is 4. The Morgan fingerprint density at radius 1 is 1.53 bits per heavy atom. The van der Waals surface area contributed by atoms with Crippen molar-refractivity contribution >= 4 is 17.3 Å². The van der Waals surface area contributed by atoms with E-state index in [-0.39, 0.29) is 0 Å². The van der Waals surface area contributed by atoms with E-state index in [1.165, 1.54) is 11.2 Å². The fraction of sp³-hybridized carbons (Fsp3) is 0.200. The van der Waals surface area contributed by atoms with Gasteiger partial charge in [-0.3, -0.25) is 0 Å². The highest BCUT2D eigenvalue weighted by atomic mass is 35.5. The number of nitrogens with two attached hydrogens (primary N) is 2. The van der Waals surface area contributed by atoms with Crippen molar-refractivity contribution in [3.05, 3.63) is 41.2 Å². The second-order valence-electron chi connectivity index (χ2n) is 3.07. The molecule has 0 aliphatic heterocycles. The van der Waals surface area contributed by atoms with Crippen molar-refractivity contribution in [2.24, 2.45) is 11.6 Å². The zero-order valence-corrected chi connectivity index (χ0v) is 9.33. The zero-order chi connectivity index (χ0) is 11.3. The van der Waals surface area contributed by atoms with Crippen LogP contribution >= 0.6 is 11.6 Å². The maximum absolute atomic E-state index is 5.87. The van der Waals surface area contributed by atoms with Gasteiger partial charge in [-0.25, -0.2) is 5.84 Å². The first kappa shape index (κ1) is 11.7. The molecule has 0 saturated heterocycles. The summed E-state index contributed by atoms with van der Waals surface area (Å²) in [4.78, 5) is 0. The van der Waals surface area contributed by atoms with Gasteiger partial charge in [0.05, 0.1) is 6.54 Å². The van der Waals surface area contributed by atoms with Gasteiger partial charge in [-0.05, 0) is 17.7 Å². The monoisotopic (exact) mass is 226 g/mol. The highest BCUT2D eigenvalue weighted by Crippen LogP contribution is 2.21. The van der Waals surface area contributed by atoms with Gasteiger partial charge < -0.3 is 16.1 Å². The van der Waals surface area contributed by atoms with E-state index in [0.29, 0.717) is 11.6 Å². The number of nitrogens with zero attached hydrogens (tertiary/aromatic N) is 1. The molecule has 1 aromatic carbocycles. The van der Waals surface area contributed by atoms with Gasteiger partial charge in [0.1, 0.15) is 0 Å². The van der Waals surface area contributed by atoms with Crippen molar-refractivity contribution in [1.29, 1.82) is 0 Å². The molecule has 1 aromatic rings. The molecule has 0 bridgehead atoms. The molecule has 0 aliphatic carbocycles. The first-order valence-electron chi connectivity index (χ1n) is 4.53. The second kappa shape index (κ2) is 5.48. The molecule has 0 fully saturated rings. The molecular weight excluding hydrogens is 212 g/mol. The summed E-state index contributed by atoms with van der Waals surface area (Å²) in [7, 11) is 1.84. The second-order valence-corrected chi connectivity index (χ2v) is 3.50. The molecule has 4 nitrogen and oxygen atoms in total. The van der Waals surface area contributed by atoms with Crippen LogP contribution in [0.4, 0.5) is 5.69 Å². The van der Waals surface area contributed by atoms with Crippen LogP contribution in [0, 0.1) is 0 Å². The Bertz CT molecular complexity index is 351. The molecule has 0 radical (unpaired) electrons. The minimum Gasteiger partial charge on any atom is -0.403 e. The lowest BCUT2D eigenvalue weighted by Gasteiger charge is -2.16.